The second-order valence-electron chi connectivity index (χ2n) is 7.11. The van der Waals surface area contributed by atoms with Crippen LogP contribution < -0.4 is 10.6 Å². The molecule has 1 saturated heterocycles. The molecule has 1 aromatic heterocycles. The van der Waals surface area contributed by atoms with Gasteiger partial charge in [-0.05, 0) is 36.6 Å². The van der Waals surface area contributed by atoms with Gasteiger partial charge in [-0.1, -0.05) is 18.1 Å². The van der Waals surface area contributed by atoms with Gasteiger partial charge in [0.25, 0.3) is 5.69 Å². The Labute approximate surface area is 162 Å². The minimum atomic E-state index is -0.372. The number of nitrogens with zero attached hydrogens (tertiary/aromatic N) is 4. The van der Waals surface area contributed by atoms with Crippen molar-refractivity contribution in [3.05, 3.63) is 68.1 Å². The molecule has 2 aromatic carbocycles. The second-order valence-corrected chi connectivity index (χ2v) is 7.11. The third-order valence-electron chi connectivity index (χ3n) is 5.59. The Morgan fingerprint density at radius 3 is 2.39 bits per heavy atom. The van der Waals surface area contributed by atoms with Crippen LogP contribution in [0.25, 0.3) is 11.0 Å². The zero-order chi connectivity index (χ0) is 20.0. The quantitative estimate of drug-likeness (QED) is 0.400. The van der Waals surface area contributed by atoms with Crippen LogP contribution in [0.1, 0.15) is 30.0 Å². The molecule has 1 aliphatic rings. The van der Waals surface area contributed by atoms with Gasteiger partial charge < -0.3 is 4.90 Å². The molecule has 7 heteroatoms. The number of benzene rings is 2. The molecule has 0 amide bonds. The van der Waals surface area contributed by atoms with Crippen molar-refractivity contribution in [3.63, 3.8) is 0 Å². The van der Waals surface area contributed by atoms with Gasteiger partial charge in [0.15, 0.2) is 0 Å². The number of anilines is 1. The normalized spacial score (nSPS) is 16.5. The monoisotopic (exact) mass is 376 g/mol. The second kappa shape index (κ2) is 6.57. The highest BCUT2D eigenvalue weighted by Crippen LogP contribution is 2.42. The molecular weight excluding hydrogens is 356 g/mol. The summed E-state index contributed by atoms with van der Waals surface area (Å²) < 4.78 is 2.96. The number of hydrogen-bond acceptors (Lipinski definition) is 4. The van der Waals surface area contributed by atoms with Gasteiger partial charge in [-0.2, -0.15) is 0 Å². The highest BCUT2D eigenvalue weighted by molar-refractivity contribution is 5.86. The van der Waals surface area contributed by atoms with E-state index < -0.39 is 0 Å². The largest absolute Gasteiger partial charge is 0.359 e. The summed E-state index contributed by atoms with van der Waals surface area (Å²) in [5, 5.41) is 11.8. The summed E-state index contributed by atoms with van der Waals surface area (Å²) in [6, 6.07) is 11.1. The summed E-state index contributed by atoms with van der Waals surface area (Å²) in [6.07, 6.45) is 7.28. The van der Waals surface area contributed by atoms with Crippen LogP contribution in [0.3, 0.4) is 0 Å². The van der Waals surface area contributed by atoms with Gasteiger partial charge in [-0.3, -0.25) is 19.2 Å². The van der Waals surface area contributed by atoms with Crippen molar-refractivity contribution >= 4 is 22.4 Å². The molecule has 2 heterocycles. The fraction of sp³-hybridized carbons (Fsp3) is 0.286. The Morgan fingerprint density at radius 1 is 1.14 bits per heavy atom. The number of nitro groups is 1. The molecule has 1 unspecified atom stereocenters. The van der Waals surface area contributed by atoms with E-state index in [0.29, 0.717) is 23.3 Å². The number of hydrogen-bond donors (Lipinski definition) is 0. The number of aromatic nitrogens is 2. The summed E-state index contributed by atoms with van der Waals surface area (Å²) in [4.78, 5) is 25.8. The van der Waals surface area contributed by atoms with Crippen molar-refractivity contribution in [3.8, 4) is 12.3 Å². The highest BCUT2D eigenvalue weighted by atomic mass is 16.6. The van der Waals surface area contributed by atoms with Gasteiger partial charge >= 0.3 is 5.69 Å². The van der Waals surface area contributed by atoms with Gasteiger partial charge in [0.2, 0.25) is 0 Å². The minimum Gasteiger partial charge on any atom is -0.359 e. The molecule has 1 fully saturated rings. The van der Waals surface area contributed by atoms with E-state index in [1.807, 2.05) is 24.3 Å². The smallest absolute Gasteiger partial charge is 0.328 e. The third-order valence-corrected chi connectivity index (χ3v) is 5.59. The molecule has 0 radical (unpaired) electrons. The molecule has 7 nitrogen and oxygen atoms in total. The van der Waals surface area contributed by atoms with Crippen LogP contribution in [-0.2, 0) is 14.1 Å². The lowest BCUT2D eigenvalue weighted by Gasteiger charge is -2.27. The Bertz CT molecular complexity index is 1180. The Hall–Kier alpha value is -3.53. The summed E-state index contributed by atoms with van der Waals surface area (Å²) in [6.45, 7) is 0.717. The number of nitro benzene ring substituents is 1. The number of imidazole rings is 1. The first-order chi connectivity index (χ1) is 13.4. The molecule has 28 heavy (non-hydrogen) atoms. The van der Waals surface area contributed by atoms with Gasteiger partial charge in [0.1, 0.15) is 5.69 Å². The van der Waals surface area contributed by atoms with Crippen molar-refractivity contribution in [1.82, 2.24) is 9.13 Å². The van der Waals surface area contributed by atoms with Gasteiger partial charge in [0.05, 0.1) is 22.0 Å². The van der Waals surface area contributed by atoms with E-state index in [9.17, 15) is 14.9 Å². The topological polar surface area (TPSA) is 73.3 Å². The molecule has 1 atom stereocenters. The SMILES string of the molecule is C#Cc1ccc(C2CCCN2c2cc3c(cc2[N+](=O)[O-])n(C)c(=O)n3C)cc1. The highest BCUT2D eigenvalue weighted by Gasteiger charge is 2.32. The lowest BCUT2D eigenvalue weighted by Crippen LogP contribution is -2.23. The van der Waals surface area contributed by atoms with E-state index in [4.69, 9.17) is 6.42 Å². The van der Waals surface area contributed by atoms with Crippen LogP contribution in [0.4, 0.5) is 11.4 Å². The standard InChI is InChI=1S/C21H20N4O3/c1-4-14-7-9-15(10-8-14)16-6-5-11-24(16)19-12-17-18(13-20(19)25(27)28)23(3)21(26)22(17)2/h1,7-10,12-13,16H,5-6,11H2,2-3H3. The van der Waals surface area contributed by atoms with Crippen molar-refractivity contribution in [2.45, 2.75) is 18.9 Å². The van der Waals surface area contributed by atoms with Crippen LogP contribution in [0.15, 0.2) is 41.2 Å². The fourth-order valence-electron chi connectivity index (χ4n) is 4.10. The maximum Gasteiger partial charge on any atom is 0.328 e. The molecular formula is C21H20N4O3. The molecule has 0 N–H and O–H groups in total. The van der Waals surface area contributed by atoms with Crippen LogP contribution in [0.2, 0.25) is 0 Å². The maximum absolute atomic E-state index is 12.3. The van der Waals surface area contributed by atoms with Gasteiger partial charge in [-0.15, -0.1) is 6.42 Å². The number of fused-ring (bicyclic) bond motifs is 1. The number of terminal acetylenes is 1. The molecule has 0 saturated carbocycles. The van der Waals surface area contributed by atoms with E-state index in [2.05, 4.69) is 10.8 Å². The Balaban J connectivity index is 1.87. The van der Waals surface area contributed by atoms with Crippen LogP contribution in [0.5, 0.6) is 0 Å². The number of aryl methyl sites for hydroxylation is 2. The third kappa shape index (κ3) is 2.65. The summed E-state index contributed by atoms with van der Waals surface area (Å²) in [5.41, 5.74) is 3.47. The zero-order valence-electron chi connectivity index (χ0n) is 15.8. The fourth-order valence-corrected chi connectivity index (χ4v) is 4.10. The van der Waals surface area contributed by atoms with Crippen LogP contribution in [-0.4, -0.2) is 20.6 Å². The molecule has 3 aromatic rings. The van der Waals surface area contributed by atoms with Crippen molar-refractivity contribution in [1.29, 1.82) is 0 Å². The summed E-state index contributed by atoms with van der Waals surface area (Å²) in [7, 11) is 3.31. The first-order valence-corrected chi connectivity index (χ1v) is 9.09. The average Bonchev–Trinajstić information content (AvgIpc) is 3.27. The molecule has 0 spiro atoms. The first kappa shape index (κ1) is 17.9. The van der Waals surface area contributed by atoms with Crippen molar-refractivity contribution in [2.24, 2.45) is 14.1 Å². The molecule has 142 valence electrons. The lowest BCUT2D eigenvalue weighted by molar-refractivity contribution is -0.384. The molecule has 4 rings (SSSR count). The van der Waals surface area contributed by atoms with Crippen molar-refractivity contribution in [2.75, 3.05) is 11.4 Å². The molecule has 0 bridgehead atoms. The zero-order valence-corrected chi connectivity index (χ0v) is 15.8. The Kier molecular flexibility index (Phi) is 4.19. The number of rotatable bonds is 3. The molecule has 1 aliphatic heterocycles. The lowest BCUT2D eigenvalue weighted by atomic mass is 10.0. The van der Waals surface area contributed by atoms with Gasteiger partial charge in [0, 0.05) is 32.3 Å². The average molecular weight is 376 g/mol. The van der Waals surface area contributed by atoms with Crippen LogP contribution >= 0.6 is 0 Å². The Morgan fingerprint density at radius 2 is 1.79 bits per heavy atom. The predicted molar refractivity (Wildman–Crippen MR) is 109 cm³/mol. The summed E-state index contributed by atoms with van der Waals surface area (Å²) >= 11 is 0. The van der Waals surface area contributed by atoms with E-state index in [-0.39, 0.29) is 22.3 Å². The van der Waals surface area contributed by atoms with Crippen molar-refractivity contribution < 1.29 is 4.92 Å². The van der Waals surface area contributed by atoms with E-state index in [1.54, 1.807) is 20.2 Å². The van der Waals surface area contributed by atoms with Crippen LogP contribution in [0, 0.1) is 22.5 Å². The predicted octanol–water partition coefficient (Wildman–Crippen LogP) is 3.11. The van der Waals surface area contributed by atoms with E-state index >= 15 is 0 Å². The van der Waals surface area contributed by atoms with Gasteiger partial charge in [-0.25, -0.2) is 4.79 Å². The maximum atomic E-state index is 12.3. The first-order valence-electron chi connectivity index (χ1n) is 9.09. The van der Waals surface area contributed by atoms with E-state index in [1.165, 1.54) is 15.2 Å². The molecule has 0 aliphatic carbocycles. The summed E-state index contributed by atoms with van der Waals surface area (Å²) in [5.74, 6) is 2.61. The minimum absolute atomic E-state index is 0.0147. The van der Waals surface area contributed by atoms with E-state index in [0.717, 1.165) is 24.0 Å².